The van der Waals surface area contributed by atoms with Crippen molar-refractivity contribution in [3.8, 4) is 17.2 Å². The van der Waals surface area contributed by atoms with Crippen molar-refractivity contribution in [2.45, 2.75) is 0 Å². The maximum atomic E-state index is 13.3. The number of hydrogen-bond acceptors (Lipinski definition) is 7. The molecule has 4 aromatic rings. The number of methoxy groups -OCH3 is 1. The van der Waals surface area contributed by atoms with E-state index in [0.717, 1.165) is 0 Å². The van der Waals surface area contributed by atoms with Gasteiger partial charge in [-0.05, 0) is 48.6 Å². The van der Waals surface area contributed by atoms with Crippen molar-refractivity contribution >= 4 is 28.7 Å². The van der Waals surface area contributed by atoms with E-state index in [1.54, 1.807) is 66.7 Å². The quantitative estimate of drug-likeness (QED) is 0.423. The van der Waals surface area contributed by atoms with Crippen LogP contribution in [0.1, 0.15) is 11.4 Å². The number of nitrogens with zero attached hydrogens (tertiary/aromatic N) is 3. The van der Waals surface area contributed by atoms with Gasteiger partial charge in [0.25, 0.3) is 5.56 Å². The lowest BCUT2D eigenvalue weighted by Gasteiger charge is -2.14. The summed E-state index contributed by atoms with van der Waals surface area (Å²) in [6.07, 6.45) is 3.23. The van der Waals surface area contributed by atoms with Crippen LogP contribution in [0.25, 0.3) is 28.7 Å². The van der Waals surface area contributed by atoms with E-state index in [1.807, 2.05) is 0 Å². The van der Waals surface area contributed by atoms with E-state index in [1.165, 1.54) is 23.8 Å². The van der Waals surface area contributed by atoms with Gasteiger partial charge < -0.3 is 9.84 Å². The summed E-state index contributed by atoms with van der Waals surface area (Å²) in [5, 5.41) is 29.5. The van der Waals surface area contributed by atoms with Gasteiger partial charge in [-0.2, -0.15) is 0 Å². The summed E-state index contributed by atoms with van der Waals surface area (Å²) in [6.45, 7) is 0. The van der Waals surface area contributed by atoms with Crippen LogP contribution in [-0.2, 0) is 0 Å². The number of fused-ring (bicyclic) bond motifs is 1. The fourth-order valence-corrected chi connectivity index (χ4v) is 3.27. The normalized spacial score (nSPS) is 11.2. The molecule has 1 heterocycles. The maximum absolute atomic E-state index is 13.3. The molecule has 8 heteroatoms. The van der Waals surface area contributed by atoms with Crippen LogP contribution in [0.2, 0.25) is 0 Å². The van der Waals surface area contributed by atoms with Crippen LogP contribution in [0.3, 0.4) is 0 Å². The number of phenolic OH excluding ortho intramolecular Hbond substituents is 1. The number of para-hydroxylation sites is 2. The van der Waals surface area contributed by atoms with Crippen LogP contribution in [0.4, 0.5) is 5.69 Å². The summed E-state index contributed by atoms with van der Waals surface area (Å²) < 4.78 is 6.50. The van der Waals surface area contributed by atoms with Gasteiger partial charge in [-0.25, -0.2) is 4.98 Å². The van der Waals surface area contributed by atoms with Crippen molar-refractivity contribution in [3.63, 3.8) is 0 Å². The number of aromatic hydroxyl groups is 1. The molecule has 0 amide bonds. The fourth-order valence-electron chi connectivity index (χ4n) is 3.27. The monoisotopic (exact) mass is 417 g/mol. The first-order valence-electron chi connectivity index (χ1n) is 9.34. The lowest BCUT2D eigenvalue weighted by atomic mass is 10.1. The first-order valence-corrected chi connectivity index (χ1v) is 9.34. The first-order chi connectivity index (χ1) is 15.0. The van der Waals surface area contributed by atoms with Crippen LogP contribution >= 0.6 is 0 Å². The van der Waals surface area contributed by atoms with Gasteiger partial charge in [0.15, 0.2) is 11.5 Å². The molecule has 0 atom stereocenters. The van der Waals surface area contributed by atoms with Gasteiger partial charge in [0.1, 0.15) is 5.82 Å². The molecule has 0 unspecified atom stereocenters. The zero-order valence-corrected chi connectivity index (χ0v) is 16.5. The fraction of sp³-hybridized carbons (Fsp3) is 0.0435. The molecular weight excluding hydrogens is 398 g/mol. The van der Waals surface area contributed by atoms with E-state index in [-0.39, 0.29) is 22.2 Å². The Morgan fingerprint density at radius 3 is 2.55 bits per heavy atom. The van der Waals surface area contributed by atoms with Gasteiger partial charge >= 0.3 is 0 Å². The third-order valence-electron chi connectivity index (χ3n) is 4.78. The predicted molar refractivity (Wildman–Crippen MR) is 117 cm³/mol. The van der Waals surface area contributed by atoms with Crippen molar-refractivity contribution in [2.24, 2.45) is 0 Å². The second kappa shape index (κ2) is 8.31. The van der Waals surface area contributed by atoms with Gasteiger partial charge in [0.05, 0.1) is 29.4 Å². The van der Waals surface area contributed by atoms with E-state index < -0.39 is 0 Å². The Bertz CT molecular complexity index is 1340. The average Bonchev–Trinajstić information content (AvgIpc) is 2.78. The Morgan fingerprint density at radius 1 is 1.00 bits per heavy atom. The zero-order valence-electron chi connectivity index (χ0n) is 16.5. The summed E-state index contributed by atoms with van der Waals surface area (Å²) in [5.74, 6) is 0.587. The number of aromatic nitrogens is 2. The Labute approximate surface area is 177 Å². The number of ether oxygens (including phenoxy) is 1. The zero-order chi connectivity index (χ0) is 22.0. The van der Waals surface area contributed by atoms with E-state index in [9.17, 15) is 20.3 Å². The number of benzene rings is 3. The standard InChI is InChI=1S/C23H19N3O5/c1-31-20-11-4-6-15(22(20)27)12-13-21-24-19-10-3-2-9-18(19)23(28)25(21)16-7-5-8-17(14-16)26(29)30/h2-14,27,29-30H,1H3/b13-12+. The van der Waals surface area contributed by atoms with Crippen molar-refractivity contribution in [1.82, 2.24) is 9.55 Å². The van der Waals surface area contributed by atoms with E-state index in [2.05, 4.69) is 4.98 Å². The second-order valence-electron chi connectivity index (χ2n) is 6.67. The predicted octanol–water partition coefficient (Wildman–Crippen LogP) is 3.86. The van der Waals surface area contributed by atoms with Gasteiger partial charge in [-0.15, -0.1) is 5.23 Å². The number of anilines is 1. The molecule has 1 aromatic heterocycles. The Hall–Kier alpha value is -4.14. The summed E-state index contributed by atoms with van der Waals surface area (Å²) in [7, 11) is 1.46. The molecule has 3 N–H and O–H groups in total. The van der Waals surface area contributed by atoms with Gasteiger partial charge in [-0.1, -0.05) is 30.3 Å². The minimum Gasteiger partial charge on any atom is -0.504 e. The number of hydrogen-bond donors (Lipinski definition) is 3. The first kappa shape index (κ1) is 20.1. The molecule has 0 spiro atoms. The maximum Gasteiger partial charge on any atom is 0.266 e. The number of rotatable bonds is 5. The molecule has 31 heavy (non-hydrogen) atoms. The van der Waals surface area contributed by atoms with Gasteiger partial charge in [0.2, 0.25) is 0 Å². The summed E-state index contributed by atoms with van der Waals surface area (Å²) >= 11 is 0. The molecule has 0 saturated heterocycles. The highest BCUT2D eigenvalue weighted by Gasteiger charge is 2.13. The highest BCUT2D eigenvalue weighted by Crippen LogP contribution is 2.30. The minimum atomic E-state index is -0.320. The van der Waals surface area contributed by atoms with Crippen LogP contribution in [0.5, 0.6) is 11.5 Å². The lowest BCUT2D eigenvalue weighted by molar-refractivity contribution is 0.0291. The van der Waals surface area contributed by atoms with Gasteiger partial charge in [0, 0.05) is 5.56 Å². The highest BCUT2D eigenvalue weighted by molar-refractivity contribution is 5.80. The third kappa shape index (κ3) is 3.85. The van der Waals surface area contributed by atoms with E-state index in [0.29, 0.717) is 33.7 Å². The molecule has 8 nitrogen and oxygen atoms in total. The van der Waals surface area contributed by atoms with Crippen LogP contribution in [0, 0.1) is 0 Å². The smallest absolute Gasteiger partial charge is 0.266 e. The average molecular weight is 417 g/mol. The van der Waals surface area contributed by atoms with Crippen molar-refractivity contribution in [1.29, 1.82) is 0 Å². The largest absolute Gasteiger partial charge is 0.504 e. The molecule has 0 aliphatic heterocycles. The molecule has 0 bridgehead atoms. The second-order valence-corrected chi connectivity index (χ2v) is 6.67. The molecule has 0 aliphatic rings. The number of phenols is 1. The molecule has 3 aromatic carbocycles. The molecule has 0 aliphatic carbocycles. The molecule has 156 valence electrons. The molecular formula is C23H19N3O5. The third-order valence-corrected chi connectivity index (χ3v) is 4.78. The molecule has 0 saturated carbocycles. The Balaban J connectivity index is 1.93. The van der Waals surface area contributed by atoms with Crippen molar-refractivity contribution in [2.75, 3.05) is 12.3 Å². The Morgan fingerprint density at radius 2 is 1.77 bits per heavy atom. The lowest BCUT2D eigenvalue weighted by Crippen LogP contribution is -2.22. The molecule has 0 radical (unpaired) electrons. The summed E-state index contributed by atoms with van der Waals surface area (Å²) in [5.41, 5.74) is 1.15. The van der Waals surface area contributed by atoms with Crippen LogP contribution in [0.15, 0.2) is 71.5 Å². The Kier molecular flexibility index (Phi) is 5.40. The van der Waals surface area contributed by atoms with Crippen molar-refractivity contribution in [3.05, 3.63) is 88.5 Å². The van der Waals surface area contributed by atoms with Crippen molar-refractivity contribution < 1.29 is 20.3 Å². The van der Waals surface area contributed by atoms with E-state index >= 15 is 0 Å². The summed E-state index contributed by atoms with van der Waals surface area (Å²) in [6, 6.07) is 18.2. The molecule has 0 fully saturated rings. The topological polar surface area (TPSA) is 108 Å². The van der Waals surface area contributed by atoms with Gasteiger partial charge in [-0.3, -0.25) is 19.8 Å². The minimum absolute atomic E-state index is 0.0210. The van der Waals surface area contributed by atoms with Crippen LogP contribution < -0.4 is 15.5 Å². The van der Waals surface area contributed by atoms with E-state index in [4.69, 9.17) is 4.74 Å². The highest BCUT2D eigenvalue weighted by atomic mass is 16.8. The summed E-state index contributed by atoms with van der Waals surface area (Å²) in [4.78, 5) is 17.9. The SMILES string of the molecule is COc1cccc(/C=C/c2nc3ccccc3c(=O)n2-c2cccc(N(O)O)c2)c1O. The molecule has 4 rings (SSSR count). The van der Waals surface area contributed by atoms with Crippen LogP contribution in [-0.4, -0.2) is 32.2 Å².